The zero-order valence-corrected chi connectivity index (χ0v) is 17.3. The zero-order chi connectivity index (χ0) is 19.2. The highest BCUT2D eigenvalue weighted by Gasteiger charge is 2.59. The van der Waals surface area contributed by atoms with Crippen molar-refractivity contribution >= 4 is 5.96 Å². The van der Waals surface area contributed by atoms with Gasteiger partial charge in [-0.3, -0.25) is 4.99 Å². The van der Waals surface area contributed by atoms with Gasteiger partial charge in [0.15, 0.2) is 5.96 Å². The third-order valence-corrected chi connectivity index (χ3v) is 6.54. The molecular formula is C20H34N6O. The Balaban J connectivity index is 1.44. The van der Waals surface area contributed by atoms with Crippen LogP contribution < -0.4 is 10.6 Å². The molecule has 0 bridgehead atoms. The maximum atomic E-state index is 5.94. The Morgan fingerprint density at radius 2 is 2.11 bits per heavy atom. The van der Waals surface area contributed by atoms with E-state index in [4.69, 9.17) is 9.73 Å². The second kappa shape index (κ2) is 7.08. The number of hydrogen-bond donors (Lipinski definition) is 2. The normalized spacial score (nSPS) is 32.0. The summed E-state index contributed by atoms with van der Waals surface area (Å²) in [5.74, 6) is 4.14. The van der Waals surface area contributed by atoms with Crippen molar-refractivity contribution in [3.05, 3.63) is 11.6 Å². The number of fused-ring (bicyclic) bond motifs is 2. The van der Waals surface area contributed by atoms with Gasteiger partial charge in [0.05, 0.1) is 6.10 Å². The molecule has 27 heavy (non-hydrogen) atoms. The number of rotatable bonds is 4. The highest BCUT2D eigenvalue weighted by Crippen LogP contribution is 2.52. The van der Waals surface area contributed by atoms with Crippen LogP contribution >= 0.6 is 0 Å². The molecule has 3 aliphatic rings. The number of nitrogens with zero attached hydrogens (tertiary/aromatic N) is 4. The smallest absolute Gasteiger partial charge is 0.191 e. The van der Waals surface area contributed by atoms with Gasteiger partial charge in [0.2, 0.25) is 0 Å². The van der Waals surface area contributed by atoms with Crippen molar-refractivity contribution in [2.45, 2.75) is 84.5 Å². The van der Waals surface area contributed by atoms with Crippen molar-refractivity contribution in [3.63, 3.8) is 0 Å². The van der Waals surface area contributed by atoms with Gasteiger partial charge < -0.3 is 19.9 Å². The van der Waals surface area contributed by atoms with Crippen molar-refractivity contribution in [2.24, 2.45) is 16.3 Å². The topological polar surface area (TPSA) is 76.4 Å². The molecule has 0 radical (unpaired) electrons. The summed E-state index contributed by atoms with van der Waals surface area (Å²) in [7, 11) is 0. The van der Waals surface area contributed by atoms with Crippen LogP contribution in [-0.4, -0.2) is 52.1 Å². The van der Waals surface area contributed by atoms with Crippen LogP contribution in [0.5, 0.6) is 0 Å². The van der Waals surface area contributed by atoms with Crippen molar-refractivity contribution in [2.75, 3.05) is 13.2 Å². The minimum Gasteiger partial charge on any atom is -0.377 e. The highest BCUT2D eigenvalue weighted by atomic mass is 16.5. The number of ether oxygens (including phenoxy) is 1. The van der Waals surface area contributed by atoms with Crippen LogP contribution in [0.4, 0.5) is 0 Å². The summed E-state index contributed by atoms with van der Waals surface area (Å²) >= 11 is 0. The van der Waals surface area contributed by atoms with Crippen LogP contribution in [0.15, 0.2) is 4.99 Å². The highest BCUT2D eigenvalue weighted by molar-refractivity contribution is 5.80. The number of hydrogen-bond acceptors (Lipinski definition) is 4. The second-order valence-electron chi connectivity index (χ2n) is 9.13. The molecule has 7 nitrogen and oxygen atoms in total. The number of aryl methyl sites for hydroxylation is 1. The van der Waals surface area contributed by atoms with Crippen LogP contribution in [-0.2, 0) is 17.7 Å². The SMILES string of the molecule is CCN=C(NC1CCc2nnc(C(C)C)n2C1)NC1C2CCOC2C1(C)C. The summed E-state index contributed by atoms with van der Waals surface area (Å²) < 4.78 is 8.23. The molecule has 1 aliphatic carbocycles. The van der Waals surface area contributed by atoms with Gasteiger partial charge in [0, 0.05) is 55.5 Å². The van der Waals surface area contributed by atoms with Crippen LogP contribution in [0, 0.1) is 11.3 Å². The van der Waals surface area contributed by atoms with Crippen LogP contribution in [0.25, 0.3) is 0 Å². The van der Waals surface area contributed by atoms with Gasteiger partial charge in [0.25, 0.3) is 0 Å². The second-order valence-corrected chi connectivity index (χ2v) is 9.13. The van der Waals surface area contributed by atoms with Crippen molar-refractivity contribution in [1.82, 2.24) is 25.4 Å². The lowest BCUT2D eigenvalue weighted by Crippen LogP contribution is -2.68. The fourth-order valence-electron chi connectivity index (χ4n) is 5.14. The summed E-state index contributed by atoms with van der Waals surface area (Å²) in [6.07, 6.45) is 3.56. The standard InChI is InChI=1S/C20H34N6O/c1-6-21-19(23-16-14-9-10-27-17(14)20(16,4)5)22-13-7-8-15-24-25-18(12(2)3)26(15)11-13/h12-14,16-17H,6-11H2,1-5H3,(H2,21,22,23). The number of aromatic nitrogens is 3. The van der Waals surface area contributed by atoms with Crippen molar-refractivity contribution in [1.29, 1.82) is 0 Å². The van der Waals surface area contributed by atoms with Gasteiger partial charge in [-0.1, -0.05) is 27.7 Å². The van der Waals surface area contributed by atoms with Crippen molar-refractivity contribution in [3.8, 4) is 0 Å². The summed E-state index contributed by atoms with van der Waals surface area (Å²) in [4.78, 5) is 4.73. The van der Waals surface area contributed by atoms with E-state index >= 15 is 0 Å². The molecule has 1 saturated carbocycles. The minimum atomic E-state index is 0.149. The van der Waals surface area contributed by atoms with E-state index in [0.29, 0.717) is 30.0 Å². The van der Waals surface area contributed by atoms with E-state index in [0.717, 1.165) is 56.6 Å². The molecule has 4 unspecified atom stereocenters. The molecule has 4 rings (SSSR count). The Morgan fingerprint density at radius 3 is 2.85 bits per heavy atom. The first-order valence-corrected chi connectivity index (χ1v) is 10.5. The van der Waals surface area contributed by atoms with Gasteiger partial charge in [-0.05, 0) is 19.8 Å². The predicted octanol–water partition coefficient (Wildman–Crippen LogP) is 2.08. The molecule has 1 aromatic heterocycles. The fourth-order valence-corrected chi connectivity index (χ4v) is 5.14. The molecule has 1 aromatic rings. The summed E-state index contributed by atoms with van der Waals surface area (Å²) in [5.41, 5.74) is 0.149. The molecule has 3 heterocycles. The fraction of sp³-hybridized carbons (Fsp3) is 0.850. The number of nitrogens with one attached hydrogen (secondary N) is 2. The molecule has 2 fully saturated rings. The molecule has 0 spiro atoms. The lowest BCUT2D eigenvalue weighted by Gasteiger charge is -2.55. The molecule has 7 heteroatoms. The average Bonchev–Trinajstić information content (AvgIpc) is 3.25. The number of guanidine groups is 1. The number of aliphatic imine (C=N–C) groups is 1. The van der Waals surface area contributed by atoms with Gasteiger partial charge >= 0.3 is 0 Å². The molecule has 4 atom stereocenters. The summed E-state index contributed by atoms with van der Waals surface area (Å²) in [6, 6.07) is 0.769. The van der Waals surface area contributed by atoms with E-state index in [9.17, 15) is 0 Å². The average molecular weight is 375 g/mol. The van der Waals surface area contributed by atoms with E-state index in [2.05, 4.69) is 60.0 Å². The van der Waals surface area contributed by atoms with Gasteiger partial charge in [-0.15, -0.1) is 10.2 Å². The first-order chi connectivity index (χ1) is 12.9. The molecule has 150 valence electrons. The molecule has 0 amide bonds. The monoisotopic (exact) mass is 374 g/mol. The first kappa shape index (κ1) is 18.7. The predicted molar refractivity (Wildman–Crippen MR) is 106 cm³/mol. The van der Waals surface area contributed by atoms with E-state index in [1.54, 1.807) is 0 Å². The Labute approximate surface area is 162 Å². The quantitative estimate of drug-likeness (QED) is 0.623. The Kier molecular flexibility index (Phi) is 4.91. The third-order valence-electron chi connectivity index (χ3n) is 6.54. The Morgan fingerprint density at radius 1 is 1.30 bits per heavy atom. The van der Waals surface area contributed by atoms with Gasteiger partial charge in [0.1, 0.15) is 11.6 Å². The summed E-state index contributed by atoms with van der Waals surface area (Å²) in [6.45, 7) is 13.6. The minimum absolute atomic E-state index is 0.149. The lowest BCUT2D eigenvalue weighted by molar-refractivity contribution is -0.106. The molecular weight excluding hydrogens is 340 g/mol. The van der Waals surface area contributed by atoms with Gasteiger partial charge in [-0.25, -0.2) is 0 Å². The largest absolute Gasteiger partial charge is 0.377 e. The Bertz CT molecular complexity index is 709. The summed E-state index contributed by atoms with van der Waals surface area (Å²) in [5, 5.41) is 16.2. The van der Waals surface area contributed by atoms with E-state index in [-0.39, 0.29) is 5.41 Å². The van der Waals surface area contributed by atoms with Gasteiger partial charge in [-0.2, -0.15) is 0 Å². The van der Waals surface area contributed by atoms with Crippen molar-refractivity contribution < 1.29 is 4.74 Å². The van der Waals surface area contributed by atoms with Crippen LogP contribution in [0.1, 0.15) is 65.0 Å². The zero-order valence-electron chi connectivity index (χ0n) is 17.3. The third kappa shape index (κ3) is 3.24. The molecule has 2 N–H and O–H groups in total. The lowest BCUT2D eigenvalue weighted by atomic mass is 9.57. The maximum Gasteiger partial charge on any atom is 0.191 e. The van der Waals surface area contributed by atoms with E-state index < -0.39 is 0 Å². The van der Waals surface area contributed by atoms with E-state index in [1.165, 1.54) is 0 Å². The molecule has 2 aliphatic heterocycles. The van der Waals surface area contributed by atoms with E-state index in [1.807, 2.05) is 0 Å². The maximum absolute atomic E-state index is 5.94. The Hall–Kier alpha value is -1.63. The van der Waals surface area contributed by atoms with Crippen LogP contribution in [0.3, 0.4) is 0 Å². The molecule has 0 aromatic carbocycles. The van der Waals surface area contributed by atoms with Crippen LogP contribution in [0.2, 0.25) is 0 Å². The molecule has 1 saturated heterocycles. The first-order valence-electron chi connectivity index (χ1n) is 10.5.